The van der Waals surface area contributed by atoms with Gasteiger partial charge in [0.1, 0.15) is 17.0 Å². The van der Waals surface area contributed by atoms with Crippen molar-refractivity contribution in [3.63, 3.8) is 0 Å². The van der Waals surface area contributed by atoms with Gasteiger partial charge in [-0.3, -0.25) is 0 Å². The Balaban J connectivity index is 2.28. The molecule has 0 radical (unpaired) electrons. The summed E-state index contributed by atoms with van der Waals surface area (Å²) < 4.78 is 0. The summed E-state index contributed by atoms with van der Waals surface area (Å²) in [5.74, 6) is 0.648. The van der Waals surface area contributed by atoms with Crippen LogP contribution in [0, 0.1) is 11.3 Å². The summed E-state index contributed by atoms with van der Waals surface area (Å²) in [5, 5.41) is 10.7. The van der Waals surface area contributed by atoms with Crippen molar-refractivity contribution >= 4 is 22.5 Å². The van der Waals surface area contributed by atoms with Crippen LogP contribution in [-0.2, 0) is 6.42 Å². The highest BCUT2D eigenvalue weighted by Gasteiger charge is 2.12. The predicted octanol–water partition coefficient (Wildman–Crippen LogP) is 3.78. The van der Waals surface area contributed by atoms with E-state index < -0.39 is 0 Å². The van der Waals surface area contributed by atoms with Crippen LogP contribution < -0.4 is 0 Å². The zero-order chi connectivity index (χ0) is 14.8. The summed E-state index contributed by atoms with van der Waals surface area (Å²) in [6.07, 6.45) is 0.677. The average molecular weight is 295 g/mol. The first kappa shape index (κ1) is 13.5. The van der Waals surface area contributed by atoms with Gasteiger partial charge in [-0.15, -0.1) is 0 Å². The zero-order valence-corrected chi connectivity index (χ0v) is 12.1. The SMILES string of the molecule is CCc1nc(Cl)cc(-c2cc3ccccc3nc2C#N)n1. The number of para-hydroxylation sites is 1. The van der Waals surface area contributed by atoms with Crippen molar-refractivity contribution in [2.24, 2.45) is 0 Å². The molecule has 2 heterocycles. The first-order valence-electron chi connectivity index (χ1n) is 6.55. The van der Waals surface area contributed by atoms with Crippen molar-refractivity contribution in [1.29, 1.82) is 5.26 Å². The summed E-state index contributed by atoms with van der Waals surface area (Å²) in [6, 6.07) is 13.4. The molecule has 102 valence electrons. The number of aryl methyl sites for hydroxylation is 1. The third-order valence-corrected chi connectivity index (χ3v) is 3.36. The van der Waals surface area contributed by atoms with Gasteiger partial charge in [-0.25, -0.2) is 15.0 Å². The van der Waals surface area contributed by atoms with Crippen molar-refractivity contribution in [2.75, 3.05) is 0 Å². The molecule has 0 aliphatic rings. The Kier molecular flexibility index (Phi) is 3.51. The van der Waals surface area contributed by atoms with Gasteiger partial charge in [0.25, 0.3) is 0 Å². The number of benzene rings is 1. The minimum Gasteiger partial charge on any atom is -0.236 e. The molecule has 2 aromatic heterocycles. The van der Waals surface area contributed by atoms with E-state index in [4.69, 9.17) is 11.6 Å². The average Bonchev–Trinajstić information content (AvgIpc) is 2.52. The van der Waals surface area contributed by atoms with Crippen molar-refractivity contribution < 1.29 is 0 Å². The predicted molar refractivity (Wildman–Crippen MR) is 81.9 cm³/mol. The molecule has 0 saturated heterocycles. The standard InChI is InChI=1S/C16H11ClN4/c1-2-16-20-13(8-15(17)21-16)11-7-10-5-3-4-6-12(10)19-14(11)9-18/h3-8H,2H2,1H3. The number of hydrogen-bond donors (Lipinski definition) is 0. The van der Waals surface area contributed by atoms with Crippen LogP contribution in [0.3, 0.4) is 0 Å². The molecular weight excluding hydrogens is 284 g/mol. The lowest BCUT2D eigenvalue weighted by Gasteiger charge is -2.07. The van der Waals surface area contributed by atoms with E-state index in [-0.39, 0.29) is 0 Å². The first-order chi connectivity index (χ1) is 10.2. The lowest BCUT2D eigenvalue weighted by molar-refractivity contribution is 0.943. The zero-order valence-electron chi connectivity index (χ0n) is 11.3. The van der Waals surface area contributed by atoms with Crippen molar-refractivity contribution in [3.05, 3.63) is 53.1 Å². The van der Waals surface area contributed by atoms with Crippen LogP contribution in [0.5, 0.6) is 0 Å². The summed E-state index contributed by atoms with van der Waals surface area (Å²) in [4.78, 5) is 13.0. The van der Waals surface area contributed by atoms with Crippen molar-refractivity contribution in [3.8, 4) is 17.3 Å². The highest BCUT2D eigenvalue weighted by atomic mass is 35.5. The Bertz CT molecular complexity index is 868. The van der Waals surface area contributed by atoms with E-state index in [9.17, 15) is 5.26 Å². The maximum Gasteiger partial charge on any atom is 0.150 e. The minimum absolute atomic E-state index is 0.338. The van der Waals surface area contributed by atoms with E-state index in [2.05, 4.69) is 21.0 Å². The molecule has 0 saturated carbocycles. The van der Waals surface area contributed by atoms with Crippen molar-refractivity contribution in [2.45, 2.75) is 13.3 Å². The van der Waals surface area contributed by atoms with Crippen LogP contribution in [0.1, 0.15) is 18.4 Å². The van der Waals surface area contributed by atoms with E-state index >= 15 is 0 Å². The number of hydrogen-bond acceptors (Lipinski definition) is 4. The molecule has 4 nitrogen and oxygen atoms in total. The van der Waals surface area contributed by atoms with Crippen LogP contribution in [-0.4, -0.2) is 15.0 Å². The van der Waals surface area contributed by atoms with Gasteiger partial charge in [-0.05, 0) is 12.1 Å². The number of aromatic nitrogens is 3. The Morgan fingerprint density at radius 2 is 1.95 bits per heavy atom. The largest absolute Gasteiger partial charge is 0.236 e. The van der Waals surface area contributed by atoms with Gasteiger partial charge in [0.15, 0.2) is 5.69 Å². The lowest BCUT2D eigenvalue weighted by Crippen LogP contribution is -1.98. The summed E-state index contributed by atoms with van der Waals surface area (Å²) in [7, 11) is 0. The van der Waals surface area contributed by atoms with Gasteiger partial charge in [-0.1, -0.05) is 36.7 Å². The number of halogens is 1. The second-order valence-electron chi connectivity index (χ2n) is 4.53. The molecule has 0 N–H and O–H groups in total. The topological polar surface area (TPSA) is 62.5 Å². The smallest absolute Gasteiger partial charge is 0.150 e. The minimum atomic E-state index is 0.338. The molecule has 3 aromatic rings. The normalized spacial score (nSPS) is 10.5. The van der Waals surface area contributed by atoms with Gasteiger partial charge in [0.05, 0.1) is 11.2 Å². The Hall–Kier alpha value is -2.51. The lowest BCUT2D eigenvalue weighted by atomic mass is 10.1. The van der Waals surface area contributed by atoms with Gasteiger partial charge in [-0.2, -0.15) is 5.26 Å². The Morgan fingerprint density at radius 1 is 1.14 bits per heavy atom. The number of rotatable bonds is 2. The van der Waals surface area contributed by atoms with Crippen molar-refractivity contribution in [1.82, 2.24) is 15.0 Å². The number of fused-ring (bicyclic) bond motifs is 1. The summed E-state index contributed by atoms with van der Waals surface area (Å²) in [5.41, 5.74) is 2.43. The van der Waals surface area contributed by atoms with E-state index in [0.29, 0.717) is 34.3 Å². The van der Waals surface area contributed by atoms with E-state index in [0.717, 1.165) is 10.9 Å². The quantitative estimate of drug-likeness (QED) is 0.675. The molecule has 21 heavy (non-hydrogen) atoms. The molecule has 0 fully saturated rings. The molecule has 0 bridgehead atoms. The van der Waals surface area contributed by atoms with Crippen LogP contribution in [0.15, 0.2) is 36.4 Å². The van der Waals surface area contributed by atoms with E-state index in [1.165, 1.54) is 0 Å². The monoisotopic (exact) mass is 294 g/mol. The van der Waals surface area contributed by atoms with E-state index in [1.54, 1.807) is 6.07 Å². The molecule has 0 atom stereocenters. The van der Waals surface area contributed by atoms with Crippen LogP contribution in [0.25, 0.3) is 22.2 Å². The third-order valence-electron chi connectivity index (χ3n) is 3.16. The van der Waals surface area contributed by atoms with Crippen LogP contribution in [0.4, 0.5) is 0 Å². The van der Waals surface area contributed by atoms with Gasteiger partial charge < -0.3 is 0 Å². The second-order valence-corrected chi connectivity index (χ2v) is 4.92. The molecule has 3 rings (SSSR count). The molecular formula is C16H11ClN4. The summed E-state index contributed by atoms with van der Waals surface area (Å²) in [6.45, 7) is 1.96. The van der Waals surface area contributed by atoms with Gasteiger partial charge >= 0.3 is 0 Å². The highest BCUT2D eigenvalue weighted by molar-refractivity contribution is 6.29. The molecule has 0 aliphatic heterocycles. The first-order valence-corrected chi connectivity index (χ1v) is 6.92. The molecule has 0 aliphatic carbocycles. The fourth-order valence-electron chi connectivity index (χ4n) is 2.16. The molecule has 0 amide bonds. The number of pyridine rings is 1. The molecule has 0 spiro atoms. The van der Waals surface area contributed by atoms with Crippen LogP contribution >= 0.6 is 11.6 Å². The fraction of sp³-hybridized carbons (Fsp3) is 0.125. The highest BCUT2D eigenvalue weighted by Crippen LogP contribution is 2.26. The fourth-order valence-corrected chi connectivity index (χ4v) is 2.36. The maximum atomic E-state index is 9.35. The second kappa shape index (κ2) is 5.47. The molecule has 5 heteroatoms. The van der Waals surface area contributed by atoms with E-state index in [1.807, 2.05) is 37.3 Å². The van der Waals surface area contributed by atoms with Crippen LogP contribution in [0.2, 0.25) is 5.15 Å². The van der Waals surface area contributed by atoms with Gasteiger partial charge in [0.2, 0.25) is 0 Å². The third kappa shape index (κ3) is 2.56. The number of nitriles is 1. The Morgan fingerprint density at radius 3 is 2.71 bits per heavy atom. The Labute approximate surface area is 127 Å². The van der Waals surface area contributed by atoms with Gasteiger partial charge in [0, 0.05) is 23.4 Å². The maximum absolute atomic E-state index is 9.35. The molecule has 0 unspecified atom stereocenters. The number of nitrogens with zero attached hydrogens (tertiary/aromatic N) is 4. The summed E-state index contributed by atoms with van der Waals surface area (Å²) >= 11 is 6.04. The molecule has 1 aromatic carbocycles.